The van der Waals surface area contributed by atoms with Crippen LogP contribution in [0.4, 0.5) is 0 Å². The standard InChI is InChI=1S/C18H11NO3/c19-11-12-9-13-5-1-2-6-14(13)17(10-12)22-18(21)15-7-3-4-8-16(15)20/h1-10,20H. The predicted octanol–water partition coefficient (Wildman–Crippen LogP) is 3.64. The Morgan fingerprint density at radius 3 is 2.55 bits per heavy atom. The number of phenolic OH excluding ortho intramolecular Hbond substituents is 1. The molecule has 0 bridgehead atoms. The van der Waals surface area contributed by atoms with E-state index in [1.165, 1.54) is 18.2 Å². The van der Waals surface area contributed by atoms with Crippen molar-refractivity contribution in [3.63, 3.8) is 0 Å². The van der Waals surface area contributed by atoms with E-state index < -0.39 is 5.97 Å². The summed E-state index contributed by atoms with van der Waals surface area (Å²) in [5.74, 6) is -0.519. The van der Waals surface area contributed by atoms with Gasteiger partial charge in [-0.2, -0.15) is 5.26 Å². The number of aromatic hydroxyl groups is 1. The lowest BCUT2D eigenvalue weighted by Crippen LogP contribution is -2.09. The first-order valence-corrected chi connectivity index (χ1v) is 6.62. The average Bonchev–Trinajstić information content (AvgIpc) is 2.55. The number of fused-ring (bicyclic) bond motifs is 1. The van der Waals surface area contributed by atoms with Crippen molar-refractivity contribution in [2.45, 2.75) is 0 Å². The summed E-state index contributed by atoms with van der Waals surface area (Å²) in [6, 6.07) is 18.8. The lowest BCUT2D eigenvalue weighted by molar-refractivity contribution is 0.0734. The van der Waals surface area contributed by atoms with Gasteiger partial charge in [0.2, 0.25) is 0 Å². The van der Waals surface area contributed by atoms with Crippen molar-refractivity contribution in [3.8, 4) is 17.6 Å². The summed E-state index contributed by atoms with van der Waals surface area (Å²) in [5, 5.41) is 20.3. The highest BCUT2D eigenvalue weighted by Crippen LogP contribution is 2.29. The van der Waals surface area contributed by atoms with Crippen LogP contribution in [0, 0.1) is 11.3 Å². The highest BCUT2D eigenvalue weighted by Gasteiger charge is 2.15. The third kappa shape index (κ3) is 2.48. The zero-order chi connectivity index (χ0) is 15.5. The van der Waals surface area contributed by atoms with Crippen molar-refractivity contribution in [2.75, 3.05) is 0 Å². The quantitative estimate of drug-likeness (QED) is 0.577. The molecule has 3 rings (SSSR count). The van der Waals surface area contributed by atoms with Gasteiger partial charge in [-0.05, 0) is 29.7 Å². The molecule has 0 unspecified atom stereocenters. The molecule has 106 valence electrons. The fourth-order valence-electron chi connectivity index (χ4n) is 2.23. The number of hydrogen-bond acceptors (Lipinski definition) is 4. The number of hydrogen-bond donors (Lipinski definition) is 1. The molecule has 0 radical (unpaired) electrons. The maximum Gasteiger partial charge on any atom is 0.347 e. The van der Waals surface area contributed by atoms with Crippen LogP contribution >= 0.6 is 0 Å². The normalized spacial score (nSPS) is 10.1. The Kier molecular flexibility index (Phi) is 3.47. The highest BCUT2D eigenvalue weighted by atomic mass is 16.5. The number of carbonyl (C=O) groups excluding carboxylic acids is 1. The number of phenols is 1. The van der Waals surface area contributed by atoms with E-state index in [4.69, 9.17) is 10.00 Å². The van der Waals surface area contributed by atoms with Gasteiger partial charge in [0.1, 0.15) is 17.1 Å². The van der Waals surface area contributed by atoms with Crippen molar-refractivity contribution >= 4 is 16.7 Å². The van der Waals surface area contributed by atoms with Crippen molar-refractivity contribution in [2.24, 2.45) is 0 Å². The van der Waals surface area contributed by atoms with E-state index in [1.54, 1.807) is 18.2 Å². The Morgan fingerprint density at radius 2 is 1.77 bits per heavy atom. The SMILES string of the molecule is N#Cc1cc(OC(=O)c2ccccc2O)c2ccccc2c1. The van der Waals surface area contributed by atoms with Crippen molar-refractivity contribution in [3.05, 3.63) is 71.8 Å². The van der Waals surface area contributed by atoms with Crippen LogP contribution < -0.4 is 4.74 Å². The number of carbonyl (C=O) groups is 1. The largest absolute Gasteiger partial charge is 0.507 e. The lowest BCUT2D eigenvalue weighted by Gasteiger charge is -2.09. The lowest BCUT2D eigenvalue weighted by atomic mass is 10.1. The second kappa shape index (κ2) is 5.58. The first-order valence-electron chi connectivity index (χ1n) is 6.62. The summed E-state index contributed by atoms with van der Waals surface area (Å²) in [6.45, 7) is 0. The predicted molar refractivity (Wildman–Crippen MR) is 81.7 cm³/mol. The number of rotatable bonds is 2. The minimum absolute atomic E-state index is 0.0777. The first kappa shape index (κ1) is 13.7. The van der Waals surface area contributed by atoms with E-state index in [0.717, 1.165) is 10.8 Å². The number of esters is 1. The summed E-state index contributed by atoms with van der Waals surface area (Å²) in [4.78, 5) is 12.2. The van der Waals surface area contributed by atoms with Gasteiger partial charge in [0.05, 0.1) is 11.6 Å². The van der Waals surface area contributed by atoms with Gasteiger partial charge in [-0.1, -0.05) is 36.4 Å². The molecule has 0 fully saturated rings. The molecule has 4 heteroatoms. The number of nitrogens with zero attached hydrogens (tertiary/aromatic N) is 1. The summed E-state index contributed by atoms with van der Waals surface area (Å²) in [7, 11) is 0. The van der Waals surface area contributed by atoms with Crippen molar-refractivity contribution < 1.29 is 14.6 Å². The molecule has 3 aromatic rings. The third-order valence-corrected chi connectivity index (χ3v) is 3.28. The molecular formula is C18H11NO3. The maximum absolute atomic E-state index is 12.2. The fourth-order valence-corrected chi connectivity index (χ4v) is 2.23. The molecule has 0 aliphatic heterocycles. The molecule has 1 N–H and O–H groups in total. The molecule has 0 aromatic heterocycles. The zero-order valence-corrected chi connectivity index (χ0v) is 11.5. The van der Waals surface area contributed by atoms with Crippen LogP contribution in [0.2, 0.25) is 0 Å². The molecular weight excluding hydrogens is 278 g/mol. The number of ether oxygens (including phenoxy) is 1. The highest BCUT2D eigenvalue weighted by molar-refractivity contribution is 5.97. The molecule has 0 saturated heterocycles. The van der Waals surface area contributed by atoms with Crippen LogP contribution in [-0.4, -0.2) is 11.1 Å². The van der Waals surface area contributed by atoms with Gasteiger partial charge in [0.25, 0.3) is 0 Å². The monoisotopic (exact) mass is 289 g/mol. The number of para-hydroxylation sites is 1. The van der Waals surface area contributed by atoms with Crippen LogP contribution in [0.1, 0.15) is 15.9 Å². The first-order chi connectivity index (χ1) is 10.7. The maximum atomic E-state index is 12.2. The summed E-state index contributed by atoms with van der Waals surface area (Å²) in [5.41, 5.74) is 0.479. The molecule has 0 atom stereocenters. The molecule has 0 aliphatic rings. The van der Waals surface area contributed by atoms with Crippen LogP contribution in [0.15, 0.2) is 60.7 Å². The Labute approximate surface area is 126 Å². The molecule has 0 aliphatic carbocycles. The average molecular weight is 289 g/mol. The molecule has 0 saturated carbocycles. The Balaban J connectivity index is 2.06. The van der Waals surface area contributed by atoms with Crippen LogP contribution in [0.25, 0.3) is 10.8 Å². The molecule has 0 amide bonds. The van der Waals surface area contributed by atoms with Gasteiger partial charge < -0.3 is 9.84 Å². The Morgan fingerprint density at radius 1 is 1.05 bits per heavy atom. The van der Waals surface area contributed by atoms with Gasteiger partial charge in [0, 0.05) is 5.39 Å². The van der Waals surface area contributed by atoms with Crippen molar-refractivity contribution in [1.82, 2.24) is 0 Å². The van der Waals surface area contributed by atoms with E-state index in [2.05, 4.69) is 0 Å². The molecule has 0 spiro atoms. The van der Waals surface area contributed by atoms with Gasteiger partial charge in [-0.25, -0.2) is 4.79 Å². The van der Waals surface area contributed by atoms with Gasteiger partial charge >= 0.3 is 5.97 Å². The minimum atomic E-state index is -0.668. The van der Waals surface area contributed by atoms with E-state index in [-0.39, 0.29) is 11.3 Å². The summed E-state index contributed by atoms with van der Waals surface area (Å²) < 4.78 is 5.39. The second-order valence-corrected chi connectivity index (χ2v) is 4.71. The summed E-state index contributed by atoms with van der Waals surface area (Å²) in [6.07, 6.45) is 0. The Hall–Kier alpha value is -3.32. The van der Waals surface area contributed by atoms with Gasteiger partial charge in [-0.15, -0.1) is 0 Å². The van der Waals surface area contributed by atoms with Gasteiger partial charge in [0.15, 0.2) is 0 Å². The van der Waals surface area contributed by atoms with Crippen molar-refractivity contribution in [1.29, 1.82) is 5.26 Å². The number of nitriles is 1. The van der Waals surface area contributed by atoms with E-state index in [9.17, 15) is 9.90 Å². The molecule has 22 heavy (non-hydrogen) atoms. The smallest absolute Gasteiger partial charge is 0.347 e. The molecule has 0 heterocycles. The van der Waals surface area contributed by atoms with E-state index >= 15 is 0 Å². The van der Waals surface area contributed by atoms with E-state index in [0.29, 0.717) is 11.3 Å². The van der Waals surface area contributed by atoms with Crippen LogP contribution in [0.5, 0.6) is 11.5 Å². The van der Waals surface area contributed by atoms with Crippen LogP contribution in [-0.2, 0) is 0 Å². The van der Waals surface area contributed by atoms with Crippen LogP contribution in [0.3, 0.4) is 0 Å². The van der Waals surface area contributed by atoms with Gasteiger partial charge in [-0.3, -0.25) is 0 Å². The topological polar surface area (TPSA) is 70.3 Å². The number of benzene rings is 3. The van der Waals surface area contributed by atoms with E-state index in [1.807, 2.05) is 30.3 Å². The third-order valence-electron chi connectivity index (χ3n) is 3.28. The zero-order valence-electron chi connectivity index (χ0n) is 11.5. The Bertz CT molecular complexity index is 910. The summed E-state index contributed by atoms with van der Waals surface area (Å²) >= 11 is 0. The second-order valence-electron chi connectivity index (χ2n) is 4.71. The molecule has 4 nitrogen and oxygen atoms in total. The molecule has 3 aromatic carbocycles. The fraction of sp³-hybridized carbons (Fsp3) is 0. The minimum Gasteiger partial charge on any atom is -0.507 e.